The summed E-state index contributed by atoms with van der Waals surface area (Å²) in [7, 11) is 0. The van der Waals surface area contributed by atoms with E-state index in [4.69, 9.17) is 9.57 Å². The summed E-state index contributed by atoms with van der Waals surface area (Å²) in [6, 6.07) is 5.33. The van der Waals surface area contributed by atoms with Gasteiger partial charge in [0, 0.05) is 6.54 Å². The monoisotopic (exact) mass is 360 g/mol. The predicted octanol–water partition coefficient (Wildman–Crippen LogP) is 2.14. The summed E-state index contributed by atoms with van der Waals surface area (Å²) in [4.78, 5) is 55.7. The first-order chi connectivity index (χ1) is 12.2. The molecule has 8 nitrogen and oxygen atoms in total. The number of rotatable bonds is 2. The molecule has 0 bridgehead atoms. The molecule has 26 heavy (non-hydrogen) atoms. The lowest BCUT2D eigenvalue weighted by molar-refractivity contribution is -0.173. The van der Waals surface area contributed by atoms with E-state index in [0.29, 0.717) is 24.4 Å². The topological polar surface area (TPSA) is 93.2 Å². The van der Waals surface area contributed by atoms with Crippen molar-refractivity contribution in [3.05, 3.63) is 35.4 Å². The molecule has 3 amide bonds. The number of imide groups is 1. The molecule has 1 aromatic rings. The molecule has 8 heteroatoms. The average Bonchev–Trinajstić information content (AvgIpc) is 3.14. The number of benzene rings is 1. The van der Waals surface area contributed by atoms with Crippen LogP contribution in [-0.2, 0) is 14.4 Å². The van der Waals surface area contributed by atoms with Gasteiger partial charge >= 0.3 is 12.1 Å². The molecule has 0 saturated carbocycles. The molecule has 1 aromatic carbocycles. The van der Waals surface area contributed by atoms with Crippen molar-refractivity contribution in [2.24, 2.45) is 0 Å². The SMILES string of the molecule is CC(C)(C)OC(=O)N1CCCC1C(=O)ON1C(=O)c2ccccc2C1=O. The minimum atomic E-state index is -0.894. The van der Waals surface area contributed by atoms with Crippen molar-refractivity contribution in [1.82, 2.24) is 9.96 Å². The van der Waals surface area contributed by atoms with Gasteiger partial charge in [-0.3, -0.25) is 14.5 Å². The van der Waals surface area contributed by atoms with Crippen LogP contribution in [0.15, 0.2) is 24.3 Å². The van der Waals surface area contributed by atoms with Crippen LogP contribution in [0.4, 0.5) is 4.79 Å². The van der Waals surface area contributed by atoms with Gasteiger partial charge in [0.05, 0.1) is 11.1 Å². The summed E-state index contributed by atoms with van der Waals surface area (Å²) in [5.74, 6) is -2.22. The molecule has 138 valence electrons. The van der Waals surface area contributed by atoms with Gasteiger partial charge in [0.1, 0.15) is 11.6 Å². The van der Waals surface area contributed by atoms with Crippen molar-refractivity contribution < 1.29 is 28.8 Å². The average molecular weight is 360 g/mol. The van der Waals surface area contributed by atoms with E-state index in [2.05, 4.69) is 0 Å². The number of ether oxygens (including phenoxy) is 1. The Morgan fingerprint density at radius 2 is 1.65 bits per heavy atom. The second kappa shape index (κ2) is 6.44. The lowest BCUT2D eigenvalue weighted by Gasteiger charge is -2.28. The van der Waals surface area contributed by atoms with Crippen molar-refractivity contribution >= 4 is 23.9 Å². The molecular weight excluding hydrogens is 340 g/mol. The Kier molecular flexibility index (Phi) is 4.43. The number of nitrogens with zero attached hydrogens (tertiary/aromatic N) is 2. The molecule has 0 spiro atoms. The number of hydrogen-bond donors (Lipinski definition) is 0. The summed E-state index contributed by atoms with van der Waals surface area (Å²) >= 11 is 0. The van der Waals surface area contributed by atoms with Gasteiger partial charge in [0.15, 0.2) is 0 Å². The van der Waals surface area contributed by atoms with Crippen molar-refractivity contribution in [1.29, 1.82) is 0 Å². The number of carbonyl (C=O) groups excluding carboxylic acids is 4. The number of fused-ring (bicyclic) bond motifs is 1. The van der Waals surface area contributed by atoms with Gasteiger partial charge < -0.3 is 9.57 Å². The summed E-state index contributed by atoms with van der Waals surface area (Å²) in [5, 5.41) is 0.457. The van der Waals surface area contributed by atoms with E-state index in [1.165, 1.54) is 17.0 Å². The molecule has 2 heterocycles. The minimum Gasteiger partial charge on any atom is -0.444 e. The Morgan fingerprint density at radius 3 is 2.19 bits per heavy atom. The van der Waals surface area contributed by atoms with Crippen LogP contribution in [-0.4, -0.2) is 52.0 Å². The first-order valence-corrected chi connectivity index (χ1v) is 8.38. The number of amides is 3. The zero-order valence-corrected chi connectivity index (χ0v) is 14.9. The Morgan fingerprint density at radius 1 is 1.08 bits per heavy atom. The zero-order valence-electron chi connectivity index (χ0n) is 14.9. The maximum absolute atomic E-state index is 12.5. The number of hydroxylamine groups is 2. The van der Waals surface area contributed by atoms with Crippen molar-refractivity contribution in [3.63, 3.8) is 0 Å². The van der Waals surface area contributed by atoms with E-state index in [0.717, 1.165) is 0 Å². The smallest absolute Gasteiger partial charge is 0.411 e. The lowest BCUT2D eigenvalue weighted by Crippen LogP contribution is -2.46. The van der Waals surface area contributed by atoms with E-state index in [9.17, 15) is 19.2 Å². The van der Waals surface area contributed by atoms with Crippen LogP contribution in [0.25, 0.3) is 0 Å². The molecule has 0 aromatic heterocycles. The van der Waals surface area contributed by atoms with Crippen LogP contribution in [0.3, 0.4) is 0 Å². The highest BCUT2D eigenvalue weighted by atomic mass is 16.7. The van der Waals surface area contributed by atoms with E-state index in [1.54, 1.807) is 32.9 Å². The van der Waals surface area contributed by atoms with Crippen LogP contribution in [0, 0.1) is 0 Å². The van der Waals surface area contributed by atoms with Gasteiger partial charge in [-0.15, -0.1) is 0 Å². The summed E-state index contributed by atoms with van der Waals surface area (Å²) in [6.45, 7) is 5.53. The van der Waals surface area contributed by atoms with Gasteiger partial charge in [-0.25, -0.2) is 9.59 Å². The molecule has 1 unspecified atom stereocenters. The van der Waals surface area contributed by atoms with Crippen LogP contribution in [0.1, 0.15) is 54.3 Å². The standard InChI is InChI=1S/C18H20N2O6/c1-18(2,3)25-17(24)19-10-6-9-13(19)16(23)26-20-14(21)11-7-4-5-8-12(11)15(20)22/h4-5,7-8,13H,6,9-10H2,1-3H3. The molecular formula is C18H20N2O6. The number of likely N-dealkylation sites (tertiary alicyclic amines) is 1. The third kappa shape index (κ3) is 3.26. The fourth-order valence-corrected chi connectivity index (χ4v) is 2.95. The summed E-state index contributed by atoms with van der Waals surface area (Å²) in [5.41, 5.74) is -0.335. The molecule has 0 N–H and O–H groups in total. The number of carbonyl (C=O) groups is 4. The lowest BCUT2D eigenvalue weighted by atomic mass is 10.1. The van der Waals surface area contributed by atoms with Crippen molar-refractivity contribution in [2.45, 2.75) is 45.3 Å². The predicted molar refractivity (Wildman–Crippen MR) is 89.0 cm³/mol. The number of hydrogen-bond acceptors (Lipinski definition) is 6. The normalized spacial score (nSPS) is 19.6. The molecule has 2 aliphatic heterocycles. The fourth-order valence-electron chi connectivity index (χ4n) is 2.95. The zero-order chi connectivity index (χ0) is 19.1. The van der Waals surface area contributed by atoms with Gasteiger partial charge in [0.2, 0.25) is 0 Å². The molecule has 2 aliphatic rings. The van der Waals surface area contributed by atoms with Crippen LogP contribution in [0.5, 0.6) is 0 Å². The Bertz CT molecular complexity index is 747. The second-order valence-corrected chi connectivity index (χ2v) is 7.19. The van der Waals surface area contributed by atoms with E-state index in [1.807, 2.05) is 0 Å². The van der Waals surface area contributed by atoms with Crippen molar-refractivity contribution in [3.8, 4) is 0 Å². The molecule has 1 saturated heterocycles. The van der Waals surface area contributed by atoms with Gasteiger partial charge in [0.25, 0.3) is 11.8 Å². The summed E-state index contributed by atoms with van der Waals surface area (Å²) in [6.07, 6.45) is 0.349. The molecule has 3 rings (SSSR count). The fraction of sp³-hybridized carbons (Fsp3) is 0.444. The maximum atomic E-state index is 12.5. The first-order valence-electron chi connectivity index (χ1n) is 8.38. The Labute approximate surface area is 150 Å². The first kappa shape index (κ1) is 17.9. The van der Waals surface area contributed by atoms with E-state index < -0.39 is 35.5 Å². The minimum absolute atomic E-state index is 0.181. The van der Waals surface area contributed by atoms with Gasteiger partial charge in [-0.05, 0) is 45.7 Å². The Hall–Kier alpha value is -2.90. The highest BCUT2D eigenvalue weighted by Crippen LogP contribution is 2.26. The van der Waals surface area contributed by atoms with Gasteiger partial charge in [-0.1, -0.05) is 17.2 Å². The van der Waals surface area contributed by atoms with Crippen LogP contribution in [0.2, 0.25) is 0 Å². The van der Waals surface area contributed by atoms with Crippen molar-refractivity contribution in [2.75, 3.05) is 6.54 Å². The van der Waals surface area contributed by atoms with E-state index >= 15 is 0 Å². The highest BCUT2D eigenvalue weighted by Gasteiger charge is 2.43. The quantitative estimate of drug-likeness (QED) is 0.750. The highest BCUT2D eigenvalue weighted by molar-refractivity contribution is 6.20. The second-order valence-electron chi connectivity index (χ2n) is 7.19. The largest absolute Gasteiger partial charge is 0.444 e. The molecule has 0 radical (unpaired) electrons. The third-order valence-corrected chi connectivity index (χ3v) is 4.09. The van der Waals surface area contributed by atoms with E-state index in [-0.39, 0.29) is 11.1 Å². The van der Waals surface area contributed by atoms with Gasteiger partial charge in [-0.2, -0.15) is 0 Å². The Balaban J connectivity index is 1.71. The van der Waals surface area contributed by atoms with Crippen LogP contribution < -0.4 is 0 Å². The third-order valence-electron chi connectivity index (χ3n) is 4.09. The molecule has 0 aliphatic carbocycles. The molecule has 1 fully saturated rings. The maximum Gasteiger partial charge on any atom is 0.411 e. The summed E-state index contributed by atoms with van der Waals surface area (Å²) < 4.78 is 5.30. The van der Waals surface area contributed by atoms with Crippen LogP contribution >= 0.6 is 0 Å². The molecule has 1 atom stereocenters.